The summed E-state index contributed by atoms with van der Waals surface area (Å²) in [6, 6.07) is 1.68. The number of carboxylic acid groups (broad SMARTS) is 1. The van der Waals surface area contributed by atoms with Gasteiger partial charge in [-0.1, -0.05) is 12.1 Å². The monoisotopic (exact) mass is 315 g/mol. The minimum atomic E-state index is -0.858. The van der Waals surface area contributed by atoms with Crippen molar-refractivity contribution in [3.8, 4) is 5.69 Å². The number of carboxylic acids is 1. The maximum atomic E-state index is 12.7. The van der Waals surface area contributed by atoms with Gasteiger partial charge in [0, 0.05) is 19.3 Å². The number of hydrogen-bond acceptors (Lipinski definition) is 5. The van der Waals surface area contributed by atoms with E-state index >= 15 is 0 Å². The highest BCUT2D eigenvalue weighted by Gasteiger charge is 2.32. The highest BCUT2D eigenvalue weighted by atomic mass is 16.4. The lowest BCUT2D eigenvalue weighted by Crippen LogP contribution is -2.45. The Morgan fingerprint density at radius 1 is 1.30 bits per heavy atom. The Morgan fingerprint density at radius 3 is 2.83 bits per heavy atom. The van der Waals surface area contributed by atoms with Gasteiger partial charge in [0.1, 0.15) is 0 Å². The molecule has 0 saturated carbocycles. The summed E-state index contributed by atoms with van der Waals surface area (Å²) >= 11 is 0. The molecule has 0 radical (unpaired) electrons. The molecule has 0 aromatic carbocycles. The van der Waals surface area contributed by atoms with E-state index in [2.05, 4.69) is 15.3 Å². The Labute approximate surface area is 132 Å². The molecule has 120 valence electrons. The minimum absolute atomic E-state index is 0.153. The molecular formula is C15H17N5O3. The van der Waals surface area contributed by atoms with E-state index in [1.54, 1.807) is 23.4 Å². The molecule has 0 aliphatic carbocycles. The zero-order chi connectivity index (χ0) is 16.4. The number of likely N-dealkylation sites (tertiary alicyclic amines) is 1. The number of nitrogens with zero attached hydrogens (tertiary/aromatic N) is 5. The first-order chi connectivity index (χ1) is 11.0. The van der Waals surface area contributed by atoms with Crippen molar-refractivity contribution in [3.05, 3.63) is 36.4 Å². The van der Waals surface area contributed by atoms with Crippen LogP contribution in [0.1, 0.15) is 23.7 Å². The lowest BCUT2D eigenvalue weighted by atomic mass is 9.90. The van der Waals surface area contributed by atoms with Crippen LogP contribution in [0.15, 0.2) is 30.9 Å². The third kappa shape index (κ3) is 3.20. The number of amides is 1. The molecule has 2 unspecified atom stereocenters. The van der Waals surface area contributed by atoms with Gasteiger partial charge in [-0.2, -0.15) is 0 Å². The molecule has 2 aromatic rings. The van der Waals surface area contributed by atoms with Crippen molar-refractivity contribution in [3.63, 3.8) is 0 Å². The van der Waals surface area contributed by atoms with Gasteiger partial charge >= 0.3 is 5.97 Å². The Balaban J connectivity index is 1.82. The molecule has 23 heavy (non-hydrogen) atoms. The topological polar surface area (TPSA) is 101 Å². The molecule has 3 rings (SSSR count). The Hall–Kier alpha value is -2.77. The standard InChI is InChI=1S/C15H17N5O3/c1-10-4-12(15(22)23)9-19(8-10)14(21)11-5-13(7-16-6-11)20-3-2-17-18-20/h2-3,5-7,10,12H,4,8-9H2,1H3,(H,22,23). The van der Waals surface area contributed by atoms with Crippen LogP contribution >= 0.6 is 0 Å². The molecule has 1 aliphatic rings. The second-order valence-corrected chi connectivity index (χ2v) is 5.87. The van der Waals surface area contributed by atoms with Crippen molar-refractivity contribution in [2.24, 2.45) is 11.8 Å². The summed E-state index contributed by atoms with van der Waals surface area (Å²) in [7, 11) is 0. The lowest BCUT2D eigenvalue weighted by Gasteiger charge is -2.34. The molecule has 0 spiro atoms. The zero-order valence-electron chi connectivity index (χ0n) is 12.7. The lowest BCUT2D eigenvalue weighted by molar-refractivity contribution is -0.143. The molecule has 3 heterocycles. The third-order valence-electron chi connectivity index (χ3n) is 3.95. The zero-order valence-corrected chi connectivity index (χ0v) is 12.7. The maximum absolute atomic E-state index is 12.7. The summed E-state index contributed by atoms with van der Waals surface area (Å²) < 4.78 is 1.52. The summed E-state index contributed by atoms with van der Waals surface area (Å²) in [5, 5.41) is 16.8. The maximum Gasteiger partial charge on any atom is 0.308 e. The highest BCUT2D eigenvalue weighted by molar-refractivity contribution is 5.94. The van der Waals surface area contributed by atoms with E-state index in [0.29, 0.717) is 24.2 Å². The number of hydrogen-bond donors (Lipinski definition) is 1. The number of aromatic nitrogens is 4. The predicted octanol–water partition coefficient (Wildman–Crippen LogP) is 0.845. The van der Waals surface area contributed by atoms with E-state index in [1.807, 2.05) is 6.92 Å². The number of rotatable bonds is 3. The van der Waals surface area contributed by atoms with Gasteiger partial charge in [-0.15, -0.1) is 5.10 Å². The minimum Gasteiger partial charge on any atom is -0.481 e. The second-order valence-electron chi connectivity index (χ2n) is 5.87. The fourth-order valence-electron chi connectivity index (χ4n) is 2.89. The van der Waals surface area contributed by atoms with Crippen molar-refractivity contribution in [1.82, 2.24) is 24.9 Å². The molecule has 1 amide bonds. The average molecular weight is 315 g/mol. The van der Waals surface area contributed by atoms with E-state index in [0.717, 1.165) is 0 Å². The van der Waals surface area contributed by atoms with Gasteiger partial charge in [0.25, 0.3) is 5.91 Å². The van der Waals surface area contributed by atoms with Crippen LogP contribution in [0.4, 0.5) is 0 Å². The largest absolute Gasteiger partial charge is 0.481 e. The van der Waals surface area contributed by atoms with E-state index in [9.17, 15) is 14.7 Å². The Morgan fingerprint density at radius 2 is 2.13 bits per heavy atom. The van der Waals surface area contributed by atoms with Crippen LogP contribution in [0, 0.1) is 11.8 Å². The number of pyridine rings is 1. The molecule has 2 atom stereocenters. The van der Waals surface area contributed by atoms with Crippen LogP contribution in [0.5, 0.6) is 0 Å². The number of carbonyl (C=O) groups excluding carboxylic acids is 1. The van der Waals surface area contributed by atoms with Crippen molar-refractivity contribution >= 4 is 11.9 Å². The van der Waals surface area contributed by atoms with Crippen molar-refractivity contribution < 1.29 is 14.7 Å². The van der Waals surface area contributed by atoms with Crippen LogP contribution in [-0.2, 0) is 4.79 Å². The Bertz CT molecular complexity index is 716. The summed E-state index contributed by atoms with van der Waals surface area (Å²) in [6.07, 6.45) is 6.87. The van der Waals surface area contributed by atoms with E-state index in [-0.39, 0.29) is 18.4 Å². The molecule has 8 nitrogen and oxygen atoms in total. The first-order valence-corrected chi connectivity index (χ1v) is 7.38. The van der Waals surface area contributed by atoms with Crippen molar-refractivity contribution in [1.29, 1.82) is 0 Å². The molecule has 1 fully saturated rings. The second kappa shape index (κ2) is 6.15. The normalized spacial score (nSPS) is 21.2. The van der Waals surface area contributed by atoms with Gasteiger partial charge in [-0.25, -0.2) is 4.68 Å². The highest BCUT2D eigenvalue weighted by Crippen LogP contribution is 2.23. The fraction of sp³-hybridized carbons (Fsp3) is 0.400. The number of aliphatic carboxylic acids is 1. The van der Waals surface area contributed by atoms with E-state index < -0.39 is 11.9 Å². The summed E-state index contributed by atoms with van der Waals surface area (Å²) in [4.78, 5) is 29.6. The average Bonchev–Trinajstić information content (AvgIpc) is 3.08. The number of carbonyl (C=O) groups is 2. The van der Waals surface area contributed by atoms with Gasteiger partial charge < -0.3 is 10.0 Å². The third-order valence-corrected chi connectivity index (χ3v) is 3.95. The molecule has 1 saturated heterocycles. The predicted molar refractivity (Wildman–Crippen MR) is 80.0 cm³/mol. The van der Waals surface area contributed by atoms with Crippen molar-refractivity contribution in [2.45, 2.75) is 13.3 Å². The summed E-state index contributed by atoms with van der Waals surface area (Å²) in [6.45, 7) is 2.74. The molecule has 1 N–H and O–H groups in total. The van der Waals surface area contributed by atoms with Gasteiger partial charge in [0.15, 0.2) is 0 Å². The molecule has 8 heteroatoms. The smallest absolute Gasteiger partial charge is 0.308 e. The van der Waals surface area contributed by atoms with E-state index in [1.165, 1.54) is 17.1 Å². The number of piperidine rings is 1. The summed E-state index contributed by atoms with van der Waals surface area (Å²) in [5.74, 6) is -1.43. The van der Waals surface area contributed by atoms with Gasteiger partial charge in [0.2, 0.25) is 0 Å². The Kier molecular flexibility index (Phi) is 4.05. The SMILES string of the molecule is CC1CC(C(=O)O)CN(C(=O)c2cncc(-n3ccnn3)c2)C1. The molecule has 0 bridgehead atoms. The molecule has 1 aliphatic heterocycles. The summed E-state index contributed by atoms with van der Waals surface area (Å²) in [5.41, 5.74) is 1.05. The van der Waals surface area contributed by atoms with Crippen LogP contribution in [-0.4, -0.2) is 55.0 Å². The fourth-order valence-corrected chi connectivity index (χ4v) is 2.89. The van der Waals surface area contributed by atoms with Gasteiger partial charge in [0.05, 0.1) is 35.8 Å². The van der Waals surface area contributed by atoms with Crippen molar-refractivity contribution in [2.75, 3.05) is 13.1 Å². The van der Waals surface area contributed by atoms with Gasteiger partial charge in [-0.05, 0) is 18.4 Å². The molecule has 2 aromatic heterocycles. The first-order valence-electron chi connectivity index (χ1n) is 7.38. The quantitative estimate of drug-likeness (QED) is 0.901. The van der Waals surface area contributed by atoms with E-state index in [4.69, 9.17) is 0 Å². The van der Waals surface area contributed by atoms with Crippen LogP contribution in [0.25, 0.3) is 5.69 Å². The van der Waals surface area contributed by atoms with Crippen LogP contribution < -0.4 is 0 Å². The van der Waals surface area contributed by atoms with Crippen LogP contribution in [0.3, 0.4) is 0 Å². The van der Waals surface area contributed by atoms with Crippen LogP contribution in [0.2, 0.25) is 0 Å². The van der Waals surface area contributed by atoms with Gasteiger partial charge in [-0.3, -0.25) is 14.6 Å². The molecular weight excluding hydrogens is 298 g/mol. The first kappa shape index (κ1) is 15.1.